The first-order valence-corrected chi connectivity index (χ1v) is 8.07. The van der Waals surface area contributed by atoms with Crippen molar-refractivity contribution in [2.24, 2.45) is 5.10 Å². The van der Waals surface area contributed by atoms with E-state index in [9.17, 15) is 4.79 Å². The van der Waals surface area contributed by atoms with Gasteiger partial charge in [0.15, 0.2) is 10.8 Å². The molecule has 0 aliphatic carbocycles. The lowest BCUT2D eigenvalue weighted by molar-refractivity contribution is 0.0950. The number of anilines is 1. The highest BCUT2D eigenvalue weighted by Crippen LogP contribution is 2.34. The van der Waals surface area contributed by atoms with Crippen LogP contribution in [-0.4, -0.2) is 17.1 Å². The zero-order valence-corrected chi connectivity index (χ0v) is 15.5. The quantitative estimate of drug-likeness (QED) is 0.469. The molecule has 1 aromatic carbocycles. The highest BCUT2D eigenvalue weighted by atomic mass is 35.5. The van der Waals surface area contributed by atoms with Crippen molar-refractivity contribution in [2.75, 3.05) is 5.73 Å². The third-order valence-electron chi connectivity index (χ3n) is 3.38. The van der Waals surface area contributed by atoms with Crippen LogP contribution in [0.25, 0.3) is 0 Å². The predicted molar refractivity (Wildman–Crippen MR) is 99.4 cm³/mol. The van der Waals surface area contributed by atoms with Crippen LogP contribution >= 0.6 is 34.8 Å². The fourth-order valence-electron chi connectivity index (χ4n) is 2.29. The number of hydrazone groups is 1. The molecule has 2 aromatic rings. The van der Waals surface area contributed by atoms with Crippen molar-refractivity contribution < 1.29 is 4.79 Å². The highest BCUT2D eigenvalue weighted by molar-refractivity contribution is 6.46. The topological polar surface area (TPSA) is 80.4 Å². The fraction of sp³-hybridized carbons (Fsp3) is 0.188. The van der Waals surface area contributed by atoms with Gasteiger partial charge in [0.2, 0.25) is 0 Å². The molecule has 0 aliphatic rings. The van der Waals surface area contributed by atoms with Gasteiger partial charge in [-0.15, -0.1) is 0 Å². The molecule has 0 fully saturated rings. The summed E-state index contributed by atoms with van der Waals surface area (Å²) in [6.07, 6.45) is 1.57. The molecule has 0 unspecified atom stereocenters. The van der Waals surface area contributed by atoms with E-state index in [-0.39, 0.29) is 26.6 Å². The summed E-state index contributed by atoms with van der Waals surface area (Å²) in [5, 5.41) is 3.79. The average Bonchev–Trinajstić information content (AvgIpc) is 2.51. The maximum Gasteiger partial charge on any atom is 0.291 e. The van der Waals surface area contributed by atoms with Gasteiger partial charge in [-0.3, -0.25) is 4.79 Å². The molecule has 0 aliphatic heterocycles. The summed E-state index contributed by atoms with van der Waals surface area (Å²) in [5.41, 5.74) is 12.1. The van der Waals surface area contributed by atoms with Gasteiger partial charge in [0.25, 0.3) is 5.91 Å². The maximum absolute atomic E-state index is 12.2. The van der Waals surface area contributed by atoms with E-state index in [2.05, 4.69) is 15.5 Å². The summed E-state index contributed by atoms with van der Waals surface area (Å²) in [6, 6.07) is 4.07. The molecule has 1 heterocycles. The Kier molecular flexibility index (Phi) is 5.70. The van der Waals surface area contributed by atoms with Crippen molar-refractivity contribution in [3.05, 3.63) is 55.3 Å². The van der Waals surface area contributed by atoms with Gasteiger partial charge in [0.1, 0.15) is 5.02 Å². The van der Waals surface area contributed by atoms with E-state index in [0.29, 0.717) is 0 Å². The van der Waals surface area contributed by atoms with Gasteiger partial charge < -0.3 is 5.73 Å². The van der Waals surface area contributed by atoms with Crippen molar-refractivity contribution >= 4 is 52.6 Å². The van der Waals surface area contributed by atoms with Gasteiger partial charge >= 0.3 is 0 Å². The van der Waals surface area contributed by atoms with Gasteiger partial charge in [0.05, 0.1) is 16.9 Å². The number of hydrogen-bond donors (Lipinski definition) is 2. The lowest BCUT2D eigenvalue weighted by atomic mass is 10.0. The molecule has 1 amide bonds. The second-order valence-corrected chi connectivity index (χ2v) is 6.42. The minimum atomic E-state index is -0.635. The molecule has 2 rings (SSSR count). The molecule has 0 saturated heterocycles. The maximum atomic E-state index is 12.2. The van der Waals surface area contributed by atoms with Crippen LogP contribution in [0.2, 0.25) is 15.2 Å². The van der Waals surface area contributed by atoms with Crippen LogP contribution in [-0.2, 0) is 0 Å². The first-order valence-electron chi connectivity index (χ1n) is 6.93. The molecule has 1 aromatic heterocycles. The molecule has 126 valence electrons. The lowest BCUT2D eigenvalue weighted by Gasteiger charge is -2.08. The predicted octanol–water partition coefficient (Wildman–Crippen LogP) is 4.31. The number of carbonyl (C=O) groups is 1. The molecule has 0 saturated carbocycles. The van der Waals surface area contributed by atoms with E-state index in [1.807, 2.05) is 32.9 Å². The van der Waals surface area contributed by atoms with Crippen LogP contribution in [0.3, 0.4) is 0 Å². The average molecular weight is 386 g/mol. The number of nitrogens with zero attached hydrogens (tertiary/aromatic N) is 2. The minimum absolute atomic E-state index is 0.00214. The number of nitrogens with one attached hydrogen (secondary N) is 1. The summed E-state index contributed by atoms with van der Waals surface area (Å²) >= 11 is 17.6. The molecular formula is C16H15Cl3N4O. The van der Waals surface area contributed by atoms with Gasteiger partial charge in [-0.1, -0.05) is 52.5 Å². The van der Waals surface area contributed by atoms with E-state index < -0.39 is 5.91 Å². The monoisotopic (exact) mass is 384 g/mol. The number of benzene rings is 1. The number of amides is 1. The zero-order valence-electron chi connectivity index (χ0n) is 13.2. The standard InChI is InChI=1S/C16H15Cl3N4O/c1-7-4-8(2)10(9(3)5-7)6-21-23-16(24)14-11(17)13(20)12(18)15(19)22-14/h4-6H,1-3H3,(H2,20,22)(H,23,24). The number of carbonyl (C=O) groups excluding carboxylic acids is 1. The van der Waals surface area contributed by atoms with E-state index in [1.165, 1.54) is 0 Å². The Morgan fingerprint density at radius 1 is 1.17 bits per heavy atom. The normalized spacial score (nSPS) is 11.1. The number of aromatic nitrogens is 1. The van der Waals surface area contributed by atoms with Gasteiger partial charge in [-0.05, 0) is 31.9 Å². The number of rotatable bonds is 3. The summed E-state index contributed by atoms with van der Waals surface area (Å²) in [5.74, 6) is -0.635. The number of halogens is 3. The van der Waals surface area contributed by atoms with Gasteiger partial charge in [-0.2, -0.15) is 5.10 Å². The number of nitrogen functional groups attached to an aromatic ring is 1. The molecule has 8 heteroatoms. The number of pyridine rings is 1. The van der Waals surface area contributed by atoms with E-state index in [4.69, 9.17) is 40.5 Å². The van der Waals surface area contributed by atoms with Crippen molar-refractivity contribution in [2.45, 2.75) is 20.8 Å². The number of hydrogen-bond acceptors (Lipinski definition) is 4. The molecule has 0 spiro atoms. The Morgan fingerprint density at radius 3 is 2.33 bits per heavy atom. The van der Waals surface area contributed by atoms with Gasteiger partial charge in [-0.25, -0.2) is 10.4 Å². The van der Waals surface area contributed by atoms with Crippen molar-refractivity contribution in [1.29, 1.82) is 0 Å². The Bertz CT molecular complexity index is 827. The van der Waals surface area contributed by atoms with Crippen LogP contribution in [0.5, 0.6) is 0 Å². The largest absolute Gasteiger partial charge is 0.396 e. The molecular weight excluding hydrogens is 371 g/mol. The molecule has 24 heavy (non-hydrogen) atoms. The Hall–Kier alpha value is -1.82. The summed E-state index contributed by atoms with van der Waals surface area (Å²) in [6.45, 7) is 5.97. The first-order chi connectivity index (χ1) is 11.2. The summed E-state index contributed by atoms with van der Waals surface area (Å²) in [7, 11) is 0. The number of nitrogens with two attached hydrogens (primary N) is 1. The van der Waals surface area contributed by atoms with Crippen LogP contribution in [0, 0.1) is 20.8 Å². The van der Waals surface area contributed by atoms with Crippen molar-refractivity contribution in [1.82, 2.24) is 10.4 Å². The Balaban J connectivity index is 2.23. The zero-order chi connectivity index (χ0) is 18.0. The molecule has 3 N–H and O–H groups in total. The van der Waals surface area contributed by atoms with Gasteiger partial charge in [0, 0.05) is 5.56 Å². The van der Waals surface area contributed by atoms with Crippen LogP contribution in [0.1, 0.15) is 32.7 Å². The first kappa shape index (κ1) is 18.5. The Labute approximate surface area is 154 Å². The third-order valence-corrected chi connectivity index (χ3v) is 4.52. The van der Waals surface area contributed by atoms with Crippen molar-refractivity contribution in [3.8, 4) is 0 Å². The van der Waals surface area contributed by atoms with Crippen molar-refractivity contribution in [3.63, 3.8) is 0 Å². The van der Waals surface area contributed by atoms with E-state index in [0.717, 1.165) is 22.3 Å². The molecule has 0 radical (unpaired) electrons. The second-order valence-electron chi connectivity index (χ2n) is 5.30. The van der Waals surface area contributed by atoms with E-state index in [1.54, 1.807) is 6.21 Å². The fourth-order valence-corrected chi connectivity index (χ4v) is 2.88. The number of aryl methyl sites for hydroxylation is 3. The molecule has 0 bridgehead atoms. The van der Waals surface area contributed by atoms with Crippen LogP contribution < -0.4 is 11.2 Å². The molecule has 0 atom stereocenters. The summed E-state index contributed by atoms with van der Waals surface area (Å²) < 4.78 is 0. The second kappa shape index (κ2) is 7.38. The van der Waals surface area contributed by atoms with Crippen LogP contribution in [0.15, 0.2) is 17.2 Å². The third kappa shape index (κ3) is 3.80. The lowest BCUT2D eigenvalue weighted by Crippen LogP contribution is -2.20. The SMILES string of the molecule is Cc1cc(C)c(C=NNC(=O)c2nc(Cl)c(Cl)c(N)c2Cl)c(C)c1. The van der Waals surface area contributed by atoms with Crippen LogP contribution in [0.4, 0.5) is 5.69 Å². The minimum Gasteiger partial charge on any atom is -0.396 e. The summed E-state index contributed by atoms with van der Waals surface area (Å²) in [4.78, 5) is 16.0. The van der Waals surface area contributed by atoms with E-state index >= 15 is 0 Å². The highest BCUT2D eigenvalue weighted by Gasteiger charge is 2.19. The molecule has 5 nitrogen and oxygen atoms in total. The smallest absolute Gasteiger partial charge is 0.291 e. The Morgan fingerprint density at radius 2 is 1.75 bits per heavy atom.